The van der Waals surface area contributed by atoms with Crippen LogP contribution in [-0.2, 0) is 55.6 Å². The van der Waals surface area contributed by atoms with Crippen molar-refractivity contribution in [2.75, 3.05) is 125 Å². The maximum atomic E-state index is 11.6. The van der Waals surface area contributed by atoms with Crippen LogP contribution in [0.15, 0.2) is 48.5 Å². The number of carbonyl (C=O) groups excluding carboxylic acids is 2. The van der Waals surface area contributed by atoms with Crippen LogP contribution >= 0.6 is 0 Å². The largest absolute Gasteiger partial charge is 0.508 e. The van der Waals surface area contributed by atoms with E-state index in [1.54, 1.807) is 12.1 Å². The summed E-state index contributed by atoms with van der Waals surface area (Å²) in [6.07, 6.45) is 1.68. The lowest BCUT2D eigenvalue weighted by atomic mass is 10.1. The zero-order chi connectivity index (χ0) is 45.0. The molecule has 3 N–H and O–H groups in total. The molecule has 0 spiro atoms. The molecule has 2 fully saturated rings. The molecule has 18 heteroatoms. The van der Waals surface area contributed by atoms with Gasteiger partial charge in [0.05, 0.1) is 65.7 Å². The normalized spacial score (nSPS) is 15.0. The van der Waals surface area contributed by atoms with E-state index in [9.17, 15) is 18.0 Å². The van der Waals surface area contributed by atoms with Crippen LogP contribution in [-0.4, -0.2) is 171 Å². The lowest BCUT2D eigenvalue weighted by Crippen LogP contribution is -2.38. The fourth-order valence-electron chi connectivity index (χ4n) is 5.36. The van der Waals surface area contributed by atoms with E-state index < -0.39 is 27.4 Å². The van der Waals surface area contributed by atoms with Gasteiger partial charge in [-0.05, 0) is 89.8 Å². The molecule has 0 bridgehead atoms. The number of phenolic OH excluding ortho intramolecular Hbond substituents is 1. The number of rotatable bonds is 20. The first-order chi connectivity index (χ1) is 28.9. The van der Waals surface area contributed by atoms with Crippen molar-refractivity contribution in [1.29, 1.82) is 0 Å². The van der Waals surface area contributed by atoms with E-state index in [2.05, 4.69) is 24.6 Å². The predicted octanol–water partition coefficient (Wildman–Crippen LogP) is 4.25. The minimum atomic E-state index is -3.34. The maximum absolute atomic E-state index is 11.6. The highest BCUT2D eigenvalue weighted by atomic mass is 32.2. The Bertz CT molecular complexity index is 1570. The van der Waals surface area contributed by atoms with E-state index in [4.69, 9.17) is 38.3 Å². The molecule has 0 aliphatic carbocycles. The SMILES string of the molecule is CC(C)(C)OC(=O)NCCc1ccc(O)cc1.CC(C)(C)OC(=O)NCCc1ccc(OCCOCCN2CCOCC2)cc1.CS(=O)(=O)OCCOCCN1CCOCC1. The lowest BCUT2D eigenvalue weighted by Gasteiger charge is -2.26. The number of nitrogens with one attached hydrogen (secondary N) is 2. The molecule has 0 radical (unpaired) electrons. The minimum absolute atomic E-state index is 0.0853. The van der Waals surface area contributed by atoms with Gasteiger partial charge in [-0.25, -0.2) is 9.59 Å². The van der Waals surface area contributed by atoms with Crippen LogP contribution < -0.4 is 15.4 Å². The number of ether oxygens (including phenoxy) is 7. The summed E-state index contributed by atoms with van der Waals surface area (Å²) in [5.41, 5.74) is 1.24. The van der Waals surface area contributed by atoms with E-state index in [1.165, 1.54) is 0 Å². The molecular weight excluding hydrogens is 813 g/mol. The van der Waals surface area contributed by atoms with Gasteiger partial charge in [0, 0.05) is 52.4 Å². The van der Waals surface area contributed by atoms with E-state index in [-0.39, 0.29) is 18.4 Å². The van der Waals surface area contributed by atoms with Crippen LogP contribution in [0.2, 0.25) is 0 Å². The Labute approximate surface area is 363 Å². The van der Waals surface area contributed by atoms with Gasteiger partial charge in [0.25, 0.3) is 10.1 Å². The molecule has 2 aromatic carbocycles. The molecule has 4 rings (SSSR count). The van der Waals surface area contributed by atoms with Crippen molar-refractivity contribution in [2.45, 2.75) is 65.6 Å². The number of nitrogens with zero attached hydrogens (tertiary/aromatic N) is 2. The summed E-state index contributed by atoms with van der Waals surface area (Å²) in [5.74, 6) is 1.06. The van der Waals surface area contributed by atoms with Gasteiger partial charge in [-0.15, -0.1) is 0 Å². The Morgan fingerprint density at radius 1 is 0.639 bits per heavy atom. The van der Waals surface area contributed by atoms with Gasteiger partial charge < -0.3 is 48.9 Å². The second kappa shape index (κ2) is 29.5. The summed E-state index contributed by atoms with van der Waals surface area (Å²) < 4.78 is 63.2. The Hall–Kier alpha value is -3.75. The van der Waals surface area contributed by atoms with Crippen LogP contribution in [0.3, 0.4) is 0 Å². The van der Waals surface area contributed by atoms with Gasteiger partial charge in [0.2, 0.25) is 0 Å². The van der Waals surface area contributed by atoms with Crippen LogP contribution in [0.25, 0.3) is 0 Å². The molecule has 0 atom stereocenters. The number of morpholine rings is 2. The second-order valence-electron chi connectivity index (χ2n) is 16.2. The molecule has 2 heterocycles. The monoisotopic (exact) mass is 884 g/mol. The second-order valence-corrected chi connectivity index (χ2v) is 17.8. The van der Waals surface area contributed by atoms with Crippen LogP contribution in [0.5, 0.6) is 11.5 Å². The van der Waals surface area contributed by atoms with Crippen molar-refractivity contribution in [3.05, 3.63) is 59.7 Å². The molecule has 2 aromatic rings. The van der Waals surface area contributed by atoms with Crippen LogP contribution in [0, 0.1) is 0 Å². The first kappa shape index (κ1) is 53.4. The molecule has 61 heavy (non-hydrogen) atoms. The summed E-state index contributed by atoms with van der Waals surface area (Å²) in [6.45, 7) is 23.7. The first-order valence-corrected chi connectivity index (χ1v) is 22.7. The Morgan fingerprint density at radius 2 is 1.05 bits per heavy atom. The van der Waals surface area contributed by atoms with Crippen molar-refractivity contribution in [1.82, 2.24) is 20.4 Å². The number of hydrogen-bond donors (Lipinski definition) is 3. The van der Waals surface area contributed by atoms with Crippen molar-refractivity contribution in [2.24, 2.45) is 0 Å². The highest BCUT2D eigenvalue weighted by molar-refractivity contribution is 7.85. The molecule has 0 unspecified atom stereocenters. The van der Waals surface area contributed by atoms with Gasteiger partial charge in [0.1, 0.15) is 29.3 Å². The summed E-state index contributed by atoms with van der Waals surface area (Å²) >= 11 is 0. The first-order valence-electron chi connectivity index (χ1n) is 20.9. The number of aromatic hydroxyl groups is 1. The highest BCUT2D eigenvalue weighted by Gasteiger charge is 2.17. The fraction of sp³-hybridized carbons (Fsp3) is 0.674. The number of hydrogen-bond acceptors (Lipinski definition) is 15. The molecule has 2 aliphatic heterocycles. The van der Waals surface area contributed by atoms with E-state index >= 15 is 0 Å². The number of carbonyl (C=O) groups is 2. The molecule has 2 amide bonds. The molecular formula is C43H72N4O13S. The summed E-state index contributed by atoms with van der Waals surface area (Å²) in [6, 6.07) is 14.8. The van der Waals surface area contributed by atoms with Gasteiger partial charge in [-0.3, -0.25) is 14.0 Å². The summed E-state index contributed by atoms with van der Waals surface area (Å²) in [7, 11) is -3.34. The van der Waals surface area contributed by atoms with Crippen molar-refractivity contribution < 1.29 is 60.5 Å². The molecule has 2 saturated heterocycles. The summed E-state index contributed by atoms with van der Waals surface area (Å²) in [5, 5.41) is 14.5. The third kappa shape index (κ3) is 30.9. The summed E-state index contributed by atoms with van der Waals surface area (Å²) in [4.78, 5) is 27.5. The minimum Gasteiger partial charge on any atom is -0.508 e. The van der Waals surface area contributed by atoms with Gasteiger partial charge >= 0.3 is 12.2 Å². The zero-order valence-electron chi connectivity index (χ0n) is 37.4. The van der Waals surface area contributed by atoms with Crippen molar-refractivity contribution in [3.63, 3.8) is 0 Å². The number of alkyl carbamates (subject to hydrolysis) is 2. The third-order valence-corrected chi connectivity index (χ3v) is 8.95. The zero-order valence-corrected chi connectivity index (χ0v) is 38.2. The molecule has 0 saturated carbocycles. The highest BCUT2D eigenvalue weighted by Crippen LogP contribution is 2.13. The maximum Gasteiger partial charge on any atom is 0.407 e. The van der Waals surface area contributed by atoms with E-state index in [0.29, 0.717) is 52.5 Å². The lowest BCUT2D eigenvalue weighted by molar-refractivity contribution is 0.0170. The Kier molecular flexibility index (Phi) is 25.8. The number of amides is 2. The fourth-order valence-corrected chi connectivity index (χ4v) is 5.74. The quantitative estimate of drug-likeness (QED) is 0.126. The average Bonchev–Trinajstić information content (AvgIpc) is 3.18. The van der Waals surface area contributed by atoms with Gasteiger partial charge in [0.15, 0.2) is 0 Å². The number of phenols is 1. The molecule has 17 nitrogen and oxygen atoms in total. The van der Waals surface area contributed by atoms with Gasteiger partial charge in [-0.1, -0.05) is 24.3 Å². The Morgan fingerprint density at radius 3 is 1.46 bits per heavy atom. The standard InChI is InChI=1S/C21H34N2O5.C13H19NO3.C9H19NO5S/c1-21(2,3)28-20(24)22-9-8-18-4-6-19(7-5-18)27-17-16-26-15-12-23-10-13-25-14-11-23;1-13(2,3)17-12(16)14-9-8-10-4-6-11(15)7-5-10;1-16(11,12)15-9-8-14-7-4-10-2-5-13-6-3-10/h4-7H,8-17H2,1-3H3,(H,22,24);4-7,15H,8-9H2,1-3H3,(H,14,16);2-9H2,1H3. The van der Waals surface area contributed by atoms with E-state index in [0.717, 1.165) is 95.2 Å². The van der Waals surface area contributed by atoms with Crippen LogP contribution in [0.1, 0.15) is 52.7 Å². The average molecular weight is 885 g/mol. The molecule has 2 aliphatic rings. The molecule has 0 aromatic heterocycles. The van der Waals surface area contributed by atoms with Crippen LogP contribution in [0.4, 0.5) is 9.59 Å². The van der Waals surface area contributed by atoms with Gasteiger partial charge in [-0.2, -0.15) is 8.42 Å². The van der Waals surface area contributed by atoms with E-state index in [1.807, 2.05) is 77.9 Å². The number of benzene rings is 2. The topological polar surface area (TPSA) is 193 Å². The Balaban J connectivity index is 0.000000335. The predicted molar refractivity (Wildman–Crippen MR) is 233 cm³/mol. The smallest absolute Gasteiger partial charge is 0.407 e. The third-order valence-electron chi connectivity index (χ3n) is 8.36. The van der Waals surface area contributed by atoms with Crippen molar-refractivity contribution in [3.8, 4) is 11.5 Å². The van der Waals surface area contributed by atoms with Crippen molar-refractivity contribution >= 4 is 22.3 Å². The molecule has 348 valence electrons.